The summed E-state index contributed by atoms with van der Waals surface area (Å²) in [6.07, 6.45) is 7.12. The van der Waals surface area contributed by atoms with Gasteiger partial charge in [-0.15, -0.1) is 0 Å². The zero-order valence-corrected chi connectivity index (χ0v) is 13.2. The molecule has 1 aliphatic carbocycles. The number of aromatic nitrogens is 4. The number of fused-ring (bicyclic) bond motifs is 6. The van der Waals surface area contributed by atoms with Gasteiger partial charge in [0.05, 0.1) is 18.4 Å². The van der Waals surface area contributed by atoms with Crippen molar-refractivity contribution < 1.29 is 0 Å². The number of imidazole rings is 1. The predicted molar refractivity (Wildman–Crippen MR) is 90.7 cm³/mol. The number of rotatable bonds is 3. The third-order valence-electron chi connectivity index (χ3n) is 5.58. The Morgan fingerprint density at radius 3 is 2.83 bits per heavy atom. The summed E-state index contributed by atoms with van der Waals surface area (Å²) in [5.41, 5.74) is 4.70. The molecule has 24 heavy (non-hydrogen) atoms. The molecule has 0 unspecified atom stereocenters. The van der Waals surface area contributed by atoms with Crippen LogP contribution in [0, 0.1) is 0 Å². The lowest BCUT2D eigenvalue weighted by molar-refractivity contribution is 0.450. The Bertz CT molecular complexity index is 944. The summed E-state index contributed by atoms with van der Waals surface area (Å²) in [5, 5.41) is 7.22. The fraction of sp³-hybridized carbons (Fsp3) is 0.389. The van der Waals surface area contributed by atoms with Gasteiger partial charge in [-0.2, -0.15) is 0 Å². The quantitative estimate of drug-likeness (QED) is 0.777. The number of hydrogen-bond acceptors (Lipinski definition) is 5. The molecule has 0 amide bonds. The Morgan fingerprint density at radius 1 is 1.08 bits per heavy atom. The van der Waals surface area contributed by atoms with Gasteiger partial charge in [-0.1, -0.05) is 24.3 Å². The normalized spacial score (nSPS) is 27.6. The number of nitrogens with zero attached hydrogens (tertiary/aromatic N) is 4. The van der Waals surface area contributed by atoms with E-state index < -0.39 is 0 Å². The van der Waals surface area contributed by atoms with Crippen LogP contribution >= 0.6 is 0 Å². The highest BCUT2D eigenvalue weighted by molar-refractivity contribution is 5.83. The van der Waals surface area contributed by atoms with Crippen LogP contribution in [0.1, 0.15) is 48.5 Å². The highest BCUT2D eigenvalue weighted by atomic mass is 15.2. The lowest BCUT2D eigenvalue weighted by Gasteiger charge is -2.24. The van der Waals surface area contributed by atoms with Crippen molar-refractivity contribution in [2.75, 3.05) is 5.32 Å². The smallest absolute Gasteiger partial charge is 0.165 e. The van der Waals surface area contributed by atoms with Gasteiger partial charge in [0.25, 0.3) is 0 Å². The van der Waals surface area contributed by atoms with Crippen molar-refractivity contribution in [1.82, 2.24) is 24.8 Å². The maximum Gasteiger partial charge on any atom is 0.165 e. The van der Waals surface area contributed by atoms with Crippen molar-refractivity contribution in [2.45, 2.75) is 43.4 Å². The second-order valence-corrected chi connectivity index (χ2v) is 7.09. The van der Waals surface area contributed by atoms with Gasteiger partial charge in [0, 0.05) is 12.1 Å². The van der Waals surface area contributed by atoms with E-state index in [-0.39, 0.29) is 0 Å². The summed E-state index contributed by atoms with van der Waals surface area (Å²) in [6.45, 7) is 0. The average molecular weight is 318 g/mol. The highest BCUT2D eigenvalue weighted by Gasteiger charge is 2.44. The van der Waals surface area contributed by atoms with E-state index >= 15 is 0 Å². The SMILES string of the molecule is c1ccc2c(c1)[C@H]1N[C@@H]2C[C@@H]1n1cnc2c(NC3CC3)ncnc21. The fourth-order valence-corrected chi connectivity index (χ4v) is 4.29. The Hall–Kier alpha value is -2.47. The van der Waals surface area contributed by atoms with Gasteiger partial charge in [0.1, 0.15) is 11.8 Å². The molecule has 6 heteroatoms. The largest absolute Gasteiger partial charge is 0.365 e. The minimum atomic E-state index is 0.346. The molecular formula is C18H18N6. The molecular weight excluding hydrogens is 300 g/mol. The second kappa shape index (κ2) is 4.54. The van der Waals surface area contributed by atoms with E-state index in [0.29, 0.717) is 24.2 Å². The molecule has 1 saturated heterocycles. The summed E-state index contributed by atoms with van der Waals surface area (Å²) in [4.78, 5) is 13.6. The van der Waals surface area contributed by atoms with Gasteiger partial charge in [-0.05, 0) is 30.4 Å². The van der Waals surface area contributed by atoms with E-state index in [1.54, 1.807) is 6.33 Å². The van der Waals surface area contributed by atoms with Crippen molar-refractivity contribution in [3.05, 3.63) is 48.0 Å². The molecule has 2 fully saturated rings. The molecule has 0 spiro atoms. The van der Waals surface area contributed by atoms with E-state index in [2.05, 4.69) is 54.4 Å². The zero-order chi connectivity index (χ0) is 15.7. The van der Waals surface area contributed by atoms with Gasteiger partial charge in [-0.25, -0.2) is 15.0 Å². The third kappa shape index (κ3) is 1.72. The highest BCUT2D eigenvalue weighted by Crippen LogP contribution is 2.51. The van der Waals surface area contributed by atoms with Crippen molar-refractivity contribution >= 4 is 17.0 Å². The minimum absolute atomic E-state index is 0.346. The van der Waals surface area contributed by atoms with Gasteiger partial charge in [-0.3, -0.25) is 0 Å². The van der Waals surface area contributed by atoms with Gasteiger partial charge >= 0.3 is 0 Å². The average Bonchev–Trinajstić information content (AvgIpc) is 3.06. The van der Waals surface area contributed by atoms with Gasteiger partial charge in [0.15, 0.2) is 11.5 Å². The monoisotopic (exact) mass is 318 g/mol. The molecule has 2 N–H and O–H groups in total. The Kier molecular flexibility index (Phi) is 2.44. The van der Waals surface area contributed by atoms with Crippen LogP contribution in [0.4, 0.5) is 5.82 Å². The van der Waals surface area contributed by atoms with Crippen LogP contribution in [0.5, 0.6) is 0 Å². The number of nitrogens with one attached hydrogen (secondary N) is 2. The van der Waals surface area contributed by atoms with E-state index in [0.717, 1.165) is 23.4 Å². The fourth-order valence-electron chi connectivity index (χ4n) is 4.29. The minimum Gasteiger partial charge on any atom is -0.365 e. The van der Waals surface area contributed by atoms with Crippen LogP contribution in [0.25, 0.3) is 11.2 Å². The topological polar surface area (TPSA) is 67.7 Å². The van der Waals surface area contributed by atoms with Crippen LogP contribution in [0.2, 0.25) is 0 Å². The number of anilines is 1. The van der Waals surface area contributed by atoms with Crippen molar-refractivity contribution in [3.63, 3.8) is 0 Å². The molecule has 3 aromatic rings. The van der Waals surface area contributed by atoms with Crippen molar-refractivity contribution in [2.24, 2.45) is 0 Å². The summed E-state index contributed by atoms with van der Waals surface area (Å²) < 4.78 is 2.24. The molecule has 120 valence electrons. The molecule has 3 atom stereocenters. The first-order valence-electron chi connectivity index (χ1n) is 8.67. The van der Waals surface area contributed by atoms with E-state index in [4.69, 9.17) is 0 Å². The molecule has 1 aromatic carbocycles. The predicted octanol–water partition coefficient (Wildman–Crippen LogP) is 2.73. The molecule has 2 bridgehead atoms. The summed E-state index contributed by atoms with van der Waals surface area (Å²) in [5.74, 6) is 0.873. The van der Waals surface area contributed by atoms with Crippen LogP contribution in [0.3, 0.4) is 0 Å². The van der Waals surface area contributed by atoms with Crippen LogP contribution in [-0.2, 0) is 0 Å². The van der Waals surface area contributed by atoms with Crippen molar-refractivity contribution in [1.29, 1.82) is 0 Å². The zero-order valence-electron chi connectivity index (χ0n) is 13.2. The van der Waals surface area contributed by atoms with Crippen LogP contribution in [0.15, 0.2) is 36.9 Å². The maximum atomic E-state index is 4.63. The lowest BCUT2D eigenvalue weighted by atomic mass is 9.88. The first-order valence-corrected chi connectivity index (χ1v) is 8.67. The van der Waals surface area contributed by atoms with Crippen molar-refractivity contribution in [3.8, 4) is 0 Å². The summed E-state index contributed by atoms with van der Waals surface area (Å²) in [6, 6.07) is 10.5. The summed E-state index contributed by atoms with van der Waals surface area (Å²) >= 11 is 0. The lowest BCUT2D eigenvalue weighted by Crippen LogP contribution is -2.18. The molecule has 4 heterocycles. The van der Waals surface area contributed by atoms with Crippen LogP contribution in [-0.4, -0.2) is 25.6 Å². The maximum absolute atomic E-state index is 4.63. The summed E-state index contributed by atoms with van der Waals surface area (Å²) in [7, 11) is 0. The molecule has 3 aliphatic rings. The second-order valence-electron chi connectivity index (χ2n) is 7.09. The third-order valence-corrected chi connectivity index (χ3v) is 5.58. The molecule has 1 saturated carbocycles. The Morgan fingerprint density at radius 2 is 1.96 bits per heavy atom. The molecule has 2 aromatic heterocycles. The number of benzene rings is 1. The number of hydrogen-bond donors (Lipinski definition) is 2. The first kappa shape index (κ1) is 12.9. The molecule has 0 radical (unpaired) electrons. The Labute approximate surface area is 139 Å². The Balaban J connectivity index is 1.43. The van der Waals surface area contributed by atoms with Gasteiger partial charge < -0.3 is 15.2 Å². The molecule has 6 rings (SSSR count). The standard InChI is InChI=1S/C18H18N6/c1-2-4-12-11(3-1)13-7-14(15(12)23-13)24-9-21-16-17(22-10-5-6-10)19-8-20-18(16)24/h1-4,8-10,13-15,23H,5-7H2,(H,19,20,22)/t13-,14+,15-/m1/s1. The first-order chi connectivity index (χ1) is 11.9. The van der Waals surface area contributed by atoms with Gasteiger partial charge in [0.2, 0.25) is 0 Å². The van der Waals surface area contributed by atoms with E-state index in [1.165, 1.54) is 24.0 Å². The molecule has 2 aliphatic heterocycles. The molecule has 6 nitrogen and oxygen atoms in total. The van der Waals surface area contributed by atoms with Crippen LogP contribution < -0.4 is 10.6 Å². The van der Waals surface area contributed by atoms with E-state index in [9.17, 15) is 0 Å². The van der Waals surface area contributed by atoms with E-state index in [1.807, 2.05) is 6.33 Å².